The van der Waals surface area contributed by atoms with Crippen molar-refractivity contribution in [2.24, 2.45) is 0 Å². The summed E-state index contributed by atoms with van der Waals surface area (Å²) in [6, 6.07) is 8.93. The van der Waals surface area contributed by atoms with Crippen LogP contribution in [-0.2, 0) is 16.0 Å². The number of furan rings is 1. The van der Waals surface area contributed by atoms with Crippen LogP contribution in [0.25, 0.3) is 0 Å². The Kier molecular flexibility index (Phi) is 5.46. The van der Waals surface area contributed by atoms with E-state index in [1.54, 1.807) is 18.2 Å². The van der Waals surface area contributed by atoms with Crippen molar-refractivity contribution in [2.75, 3.05) is 6.44 Å². The molecule has 2 radical (unpaired) electrons. The Morgan fingerprint density at radius 2 is 1.78 bits per heavy atom. The van der Waals surface area contributed by atoms with Crippen molar-refractivity contribution in [3.8, 4) is 0 Å². The number of rotatable bonds is 7. The van der Waals surface area contributed by atoms with Crippen molar-refractivity contribution < 1.29 is 23.2 Å². The van der Waals surface area contributed by atoms with Crippen molar-refractivity contribution >= 4 is 25.3 Å². The summed E-state index contributed by atoms with van der Waals surface area (Å²) < 4.78 is 18.2. The number of carbonyl (C=O) groups is 3. The highest BCUT2D eigenvalue weighted by molar-refractivity contribution is 6.40. The molecule has 116 valence electrons. The summed E-state index contributed by atoms with van der Waals surface area (Å²) in [5.41, 5.74) is 0.818. The van der Waals surface area contributed by atoms with E-state index in [9.17, 15) is 18.8 Å². The summed E-state index contributed by atoms with van der Waals surface area (Å²) in [6.45, 7) is 0. The Labute approximate surface area is 133 Å². The van der Waals surface area contributed by atoms with Gasteiger partial charge in [0.2, 0.25) is 11.6 Å². The van der Waals surface area contributed by atoms with Gasteiger partial charge in [0, 0.05) is 6.42 Å². The molecule has 0 unspecified atom stereocenters. The van der Waals surface area contributed by atoms with E-state index in [4.69, 9.17) is 12.3 Å². The summed E-state index contributed by atoms with van der Waals surface area (Å²) in [5.74, 6) is -2.21. The fraction of sp³-hybridized carbons (Fsp3) is 0.188. The van der Waals surface area contributed by atoms with Crippen molar-refractivity contribution in [3.05, 3.63) is 59.3 Å². The Morgan fingerprint density at radius 1 is 1.09 bits per heavy atom. The molecule has 1 aromatic carbocycles. The standard InChI is InChI=1S/C16H13BFNO4/c17-9-19-16(22)14(21)8-13(20)15-6-5-12(23-15)7-10-1-3-11(18)4-2-10/h1-6H,7-9H2,(H,19,22). The van der Waals surface area contributed by atoms with Gasteiger partial charge in [0.15, 0.2) is 5.76 Å². The largest absolute Gasteiger partial charge is 0.458 e. The van der Waals surface area contributed by atoms with E-state index in [-0.39, 0.29) is 18.0 Å². The second kappa shape index (κ2) is 7.53. The number of Topliss-reactive ketones (excluding diaryl/α,β-unsaturated/α-hetero) is 2. The van der Waals surface area contributed by atoms with Crippen molar-refractivity contribution in [1.82, 2.24) is 5.32 Å². The van der Waals surface area contributed by atoms with Crippen molar-refractivity contribution in [1.29, 1.82) is 0 Å². The van der Waals surface area contributed by atoms with Gasteiger partial charge < -0.3 is 9.73 Å². The van der Waals surface area contributed by atoms with E-state index in [0.717, 1.165) is 5.56 Å². The Bertz CT molecular complexity index is 724. The lowest BCUT2D eigenvalue weighted by Crippen LogP contribution is -2.32. The summed E-state index contributed by atoms with van der Waals surface area (Å²) in [7, 11) is 5.08. The van der Waals surface area contributed by atoms with Gasteiger partial charge in [-0.1, -0.05) is 12.1 Å². The maximum absolute atomic E-state index is 12.8. The van der Waals surface area contributed by atoms with Gasteiger partial charge in [-0.05, 0) is 36.3 Å². The zero-order valence-electron chi connectivity index (χ0n) is 12.2. The summed E-state index contributed by atoms with van der Waals surface area (Å²) in [4.78, 5) is 34.6. The number of hydrogen-bond acceptors (Lipinski definition) is 4. The minimum Gasteiger partial charge on any atom is -0.458 e. The maximum atomic E-state index is 12.8. The normalized spacial score (nSPS) is 10.3. The van der Waals surface area contributed by atoms with Gasteiger partial charge in [-0.2, -0.15) is 0 Å². The number of hydrogen-bond donors (Lipinski definition) is 1. The molecule has 0 aliphatic heterocycles. The summed E-state index contributed by atoms with van der Waals surface area (Å²) >= 11 is 0. The molecule has 0 saturated carbocycles. The van der Waals surface area contributed by atoms with Crippen molar-refractivity contribution in [3.63, 3.8) is 0 Å². The Morgan fingerprint density at radius 3 is 2.43 bits per heavy atom. The van der Waals surface area contributed by atoms with Crippen LogP contribution in [0.1, 0.15) is 28.3 Å². The lowest BCUT2D eigenvalue weighted by molar-refractivity contribution is -0.137. The minimum atomic E-state index is -0.904. The molecule has 1 aromatic heterocycles. The molecule has 0 aliphatic carbocycles. The van der Waals surface area contributed by atoms with Crippen LogP contribution in [-0.4, -0.2) is 31.8 Å². The first-order valence-corrected chi connectivity index (χ1v) is 6.87. The van der Waals surface area contributed by atoms with Crippen LogP contribution in [0.2, 0.25) is 0 Å². The molecule has 0 atom stereocenters. The van der Waals surface area contributed by atoms with Crippen LogP contribution in [0.15, 0.2) is 40.8 Å². The van der Waals surface area contributed by atoms with Gasteiger partial charge in [-0.3, -0.25) is 14.4 Å². The third-order valence-corrected chi connectivity index (χ3v) is 3.07. The number of halogens is 1. The quantitative estimate of drug-likeness (QED) is 0.363. The molecule has 23 heavy (non-hydrogen) atoms. The minimum absolute atomic E-state index is 0.00369. The average molecular weight is 313 g/mol. The zero-order chi connectivity index (χ0) is 16.8. The molecule has 1 N–H and O–H groups in total. The van der Waals surface area contributed by atoms with Crippen LogP contribution in [0.4, 0.5) is 4.39 Å². The van der Waals surface area contributed by atoms with Gasteiger partial charge in [0.1, 0.15) is 11.6 Å². The number of carbonyl (C=O) groups excluding carboxylic acids is 3. The van der Waals surface area contributed by atoms with Gasteiger partial charge in [0.25, 0.3) is 5.91 Å². The molecular formula is C16H13BFNO4. The van der Waals surface area contributed by atoms with Crippen LogP contribution < -0.4 is 5.32 Å². The second-order valence-electron chi connectivity index (χ2n) is 4.80. The molecule has 0 fully saturated rings. The van der Waals surface area contributed by atoms with E-state index < -0.39 is 23.9 Å². The average Bonchev–Trinajstić information content (AvgIpc) is 2.98. The van der Waals surface area contributed by atoms with Crippen LogP contribution in [0, 0.1) is 5.82 Å². The highest BCUT2D eigenvalue weighted by Crippen LogP contribution is 2.15. The van der Waals surface area contributed by atoms with E-state index in [2.05, 4.69) is 5.32 Å². The SMILES string of the molecule is [B]CNC(=O)C(=O)CC(=O)c1ccc(Cc2ccc(F)cc2)o1. The molecule has 1 amide bonds. The second-order valence-corrected chi connectivity index (χ2v) is 4.80. The molecule has 7 heteroatoms. The van der Waals surface area contributed by atoms with E-state index >= 15 is 0 Å². The summed E-state index contributed by atoms with van der Waals surface area (Å²) in [5, 5.41) is 2.12. The van der Waals surface area contributed by atoms with Gasteiger partial charge in [-0.15, -0.1) is 0 Å². The third kappa shape index (κ3) is 4.64. The molecule has 2 aromatic rings. The molecule has 0 bridgehead atoms. The maximum Gasteiger partial charge on any atom is 0.287 e. The predicted octanol–water partition coefficient (Wildman–Crippen LogP) is 1.39. The molecule has 1 heterocycles. The monoisotopic (exact) mass is 313 g/mol. The van der Waals surface area contributed by atoms with E-state index in [1.165, 1.54) is 18.2 Å². The lowest BCUT2D eigenvalue weighted by Gasteiger charge is -2.00. The summed E-state index contributed by atoms with van der Waals surface area (Å²) in [6.07, 6.45) is -0.383. The number of nitrogens with one attached hydrogen (secondary N) is 1. The number of ketones is 2. The molecule has 0 saturated heterocycles. The zero-order valence-corrected chi connectivity index (χ0v) is 12.2. The Hall–Kier alpha value is -2.70. The number of amides is 1. The first-order chi connectivity index (χ1) is 11.0. The van der Waals surface area contributed by atoms with Crippen molar-refractivity contribution in [2.45, 2.75) is 12.8 Å². The van der Waals surface area contributed by atoms with Gasteiger partial charge in [-0.25, -0.2) is 4.39 Å². The molecule has 5 nitrogen and oxygen atoms in total. The Balaban J connectivity index is 1.98. The van der Waals surface area contributed by atoms with E-state index in [1.807, 2.05) is 0 Å². The van der Waals surface area contributed by atoms with E-state index in [0.29, 0.717) is 12.2 Å². The highest BCUT2D eigenvalue weighted by Gasteiger charge is 2.20. The van der Waals surface area contributed by atoms with Gasteiger partial charge >= 0.3 is 0 Å². The third-order valence-electron chi connectivity index (χ3n) is 3.07. The first-order valence-electron chi connectivity index (χ1n) is 6.87. The van der Waals surface area contributed by atoms with Crippen LogP contribution >= 0.6 is 0 Å². The molecular weight excluding hydrogens is 300 g/mol. The fourth-order valence-electron chi connectivity index (χ4n) is 1.93. The molecule has 2 rings (SSSR count). The molecule has 0 aliphatic rings. The first kappa shape index (κ1) is 16.7. The molecule has 0 spiro atoms. The van der Waals surface area contributed by atoms with Crippen LogP contribution in [0.3, 0.4) is 0 Å². The fourth-order valence-corrected chi connectivity index (χ4v) is 1.93. The van der Waals surface area contributed by atoms with Gasteiger partial charge in [0.05, 0.1) is 14.3 Å². The lowest BCUT2D eigenvalue weighted by atomic mass is 10.1. The van der Waals surface area contributed by atoms with Crippen LogP contribution in [0.5, 0.6) is 0 Å². The number of benzene rings is 1. The predicted molar refractivity (Wildman–Crippen MR) is 80.6 cm³/mol. The smallest absolute Gasteiger partial charge is 0.287 e. The topological polar surface area (TPSA) is 76.4 Å². The highest BCUT2D eigenvalue weighted by atomic mass is 19.1.